The van der Waals surface area contributed by atoms with Crippen LogP contribution in [0.5, 0.6) is 0 Å². The van der Waals surface area contributed by atoms with Gasteiger partial charge in [-0.2, -0.15) is 4.31 Å². The molecule has 0 saturated carbocycles. The molecular weight excluding hydrogens is 228 g/mol. The Labute approximate surface area is 97.4 Å². The zero-order chi connectivity index (χ0) is 11.6. The zero-order valence-corrected chi connectivity index (χ0v) is 10.6. The third kappa shape index (κ3) is 3.16. The first-order chi connectivity index (χ1) is 7.55. The third-order valence-corrected chi connectivity index (χ3v) is 4.59. The first-order valence-corrected chi connectivity index (χ1v) is 7.69. The molecule has 2 rings (SSSR count). The molecule has 1 atom stereocenters. The summed E-state index contributed by atoms with van der Waals surface area (Å²) in [6.45, 7) is 4.72. The molecule has 0 aromatic heterocycles. The van der Waals surface area contributed by atoms with Gasteiger partial charge < -0.3 is 4.74 Å². The van der Waals surface area contributed by atoms with Crippen LogP contribution in [0.4, 0.5) is 0 Å². The SMILES string of the molecule is CS(=O)(=O)N1CCN(C[C@@H]2CCCO2)CC1. The molecule has 2 heterocycles. The third-order valence-electron chi connectivity index (χ3n) is 3.29. The minimum Gasteiger partial charge on any atom is -0.377 e. The number of piperazine rings is 1. The van der Waals surface area contributed by atoms with E-state index in [4.69, 9.17) is 4.74 Å². The van der Waals surface area contributed by atoms with Crippen LogP contribution in [0.2, 0.25) is 0 Å². The van der Waals surface area contributed by atoms with Crippen LogP contribution in [0.25, 0.3) is 0 Å². The summed E-state index contributed by atoms with van der Waals surface area (Å²) < 4.78 is 29.8. The van der Waals surface area contributed by atoms with E-state index in [-0.39, 0.29) is 0 Å². The molecule has 0 aromatic carbocycles. The zero-order valence-electron chi connectivity index (χ0n) is 9.76. The van der Waals surface area contributed by atoms with Gasteiger partial charge in [-0.05, 0) is 12.8 Å². The number of hydrogen-bond donors (Lipinski definition) is 0. The maximum absolute atomic E-state index is 11.3. The summed E-state index contributed by atoms with van der Waals surface area (Å²) in [5.74, 6) is 0. The van der Waals surface area contributed by atoms with Crippen LogP contribution in [0.3, 0.4) is 0 Å². The molecule has 0 amide bonds. The summed E-state index contributed by atoms with van der Waals surface area (Å²) >= 11 is 0. The monoisotopic (exact) mass is 248 g/mol. The van der Waals surface area contributed by atoms with Crippen LogP contribution in [0.1, 0.15) is 12.8 Å². The molecule has 0 radical (unpaired) electrons. The Morgan fingerprint density at radius 2 is 1.94 bits per heavy atom. The lowest BCUT2D eigenvalue weighted by molar-refractivity contribution is 0.0618. The molecule has 0 unspecified atom stereocenters. The fourth-order valence-electron chi connectivity index (χ4n) is 2.32. The van der Waals surface area contributed by atoms with Gasteiger partial charge in [0, 0.05) is 39.3 Å². The Hall–Kier alpha value is -0.170. The summed E-state index contributed by atoms with van der Waals surface area (Å²) in [5.41, 5.74) is 0. The molecular formula is C10H20N2O3S. The van der Waals surface area contributed by atoms with E-state index in [1.165, 1.54) is 6.26 Å². The van der Waals surface area contributed by atoms with Gasteiger partial charge in [0.2, 0.25) is 10.0 Å². The fraction of sp³-hybridized carbons (Fsp3) is 1.00. The lowest BCUT2D eigenvalue weighted by Crippen LogP contribution is -2.49. The molecule has 0 aromatic rings. The molecule has 16 heavy (non-hydrogen) atoms. The second-order valence-electron chi connectivity index (χ2n) is 4.60. The first-order valence-electron chi connectivity index (χ1n) is 5.85. The van der Waals surface area contributed by atoms with Crippen LogP contribution in [0.15, 0.2) is 0 Å². The Morgan fingerprint density at radius 1 is 1.25 bits per heavy atom. The maximum atomic E-state index is 11.3. The molecule has 5 nitrogen and oxygen atoms in total. The highest BCUT2D eigenvalue weighted by molar-refractivity contribution is 7.88. The topological polar surface area (TPSA) is 49.9 Å². The normalized spacial score (nSPS) is 29.7. The minimum atomic E-state index is -3.00. The fourth-order valence-corrected chi connectivity index (χ4v) is 3.15. The summed E-state index contributed by atoms with van der Waals surface area (Å²) in [5, 5.41) is 0. The van der Waals surface area contributed by atoms with Gasteiger partial charge in [0.15, 0.2) is 0 Å². The molecule has 2 aliphatic rings. The van der Waals surface area contributed by atoms with Crippen molar-refractivity contribution in [2.24, 2.45) is 0 Å². The largest absolute Gasteiger partial charge is 0.377 e. The number of rotatable bonds is 3. The standard InChI is InChI=1S/C10H20N2O3S/c1-16(13,14)12-6-4-11(5-7-12)9-10-3-2-8-15-10/h10H,2-9H2,1H3/t10-/m0/s1. The van der Waals surface area contributed by atoms with Crippen molar-refractivity contribution in [1.29, 1.82) is 0 Å². The van der Waals surface area contributed by atoms with Crippen molar-refractivity contribution in [1.82, 2.24) is 9.21 Å². The number of nitrogens with zero attached hydrogens (tertiary/aromatic N) is 2. The predicted octanol–water partition coefficient (Wildman–Crippen LogP) is -0.257. The van der Waals surface area contributed by atoms with Crippen molar-refractivity contribution in [2.75, 3.05) is 45.6 Å². The van der Waals surface area contributed by atoms with E-state index in [0.29, 0.717) is 19.2 Å². The summed E-state index contributed by atoms with van der Waals surface area (Å²) in [4.78, 5) is 2.30. The molecule has 94 valence electrons. The van der Waals surface area contributed by atoms with Crippen molar-refractivity contribution in [3.05, 3.63) is 0 Å². The number of hydrogen-bond acceptors (Lipinski definition) is 4. The van der Waals surface area contributed by atoms with E-state index in [2.05, 4.69) is 4.90 Å². The van der Waals surface area contributed by atoms with Crippen molar-refractivity contribution >= 4 is 10.0 Å². The maximum Gasteiger partial charge on any atom is 0.211 e. The van der Waals surface area contributed by atoms with Crippen LogP contribution in [0, 0.1) is 0 Å². The highest BCUT2D eigenvalue weighted by atomic mass is 32.2. The van der Waals surface area contributed by atoms with Gasteiger partial charge in [-0.3, -0.25) is 4.90 Å². The van der Waals surface area contributed by atoms with Crippen LogP contribution in [-0.4, -0.2) is 69.3 Å². The van der Waals surface area contributed by atoms with E-state index in [1.807, 2.05) is 0 Å². The minimum absolute atomic E-state index is 0.366. The van der Waals surface area contributed by atoms with Gasteiger partial charge in [0.25, 0.3) is 0 Å². The van der Waals surface area contributed by atoms with Crippen molar-refractivity contribution < 1.29 is 13.2 Å². The van der Waals surface area contributed by atoms with Crippen LogP contribution in [-0.2, 0) is 14.8 Å². The Morgan fingerprint density at radius 3 is 2.44 bits per heavy atom. The molecule has 0 aliphatic carbocycles. The lowest BCUT2D eigenvalue weighted by atomic mass is 10.2. The van der Waals surface area contributed by atoms with E-state index in [0.717, 1.165) is 39.1 Å². The Balaban J connectivity index is 1.76. The van der Waals surface area contributed by atoms with E-state index >= 15 is 0 Å². The van der Waals surface area contributed by atoms with Crippen LogP contribution >= 0.6 is 0 Å². The van der Waals surface area contributed by atoms with E-state index in [1.54, 1.807) is 4.31 Å². The van der Waals surface area contributed by atoms with Crippen molar-refractivity contribution in [2.45, 2.75) is 18.9 Å². The quantitative estimate of drug-likeness (QED) is 0.690. The smallest absolute Gasteiger partial charge is 0.211 e. The average molecular weight is 248 g/mol. The van der Waals surface area contributed by atoms with Crippen molar-refractivity contribution in [3.8, 4) is 0 Å². The number of sulfonamides is 1. The molecule has 2 saturated heterocycles. The van der Waals surface area contributed by atoms with Gasteiger partial charge in [-0.15, -0.1) is 0 Å². The molecule has 2 fully saturated rings. The Kier molecular flexibility index (Phi) is 3.84. The highest BCUT2D eigenvalue weighted by Gasteiger charge is 2.26. The highest BCUT2D eigenvalue weighted by Crippen LogP contribution is 2.15. The average Bonchev–Trinajstić information content (AvgIpc) is 2.70. The van der Waals surface area contributed by atoms with Gasteiger partial charge in [0.1, 0.15) is 0 Å². The molecule has 0 N–H and O–H groups in total. The molecule has 0 bridgehead atoms. The summed E-state index contributed by atoms with van der Waals surface area (Å²) in [7, 11) is -3.00. The van der Waals surface area contributed by atoms with Gasteiger partial charge in [-0.1, -0.05) is 0 Å². The number of ether oxygens (including phenoxy) is 1. The van der Waals surface area contributed by atoms with E-state index in [9.17, 15) is 8.42 Å². The van der Waals surface area contributed by atoms with Gasteiger partial charge in [0.05, 0.1) is 12.4 Å². The van der Waals surface area contributed by atoms with Gasteiger partial charge in [-0.25, -0.2) is 8.42 Å². The Bertz CT molecular complexity index is 317. The summed E-state index contributed by atoms with van der Waals surface area (Å²) in [6, 6.07) is 0. The second-order valence-corrected chi connectivity index (χ2v) is 6.58. The molecule has 2 aliphatic heterocycles. The molecule has 6 heteroatoms. The van der Waals surface area contributed by atoms with Crippen molar-refractivity contribution in [3.63, 3.8) is 0 Å². The van der Waals surface area contributed by atoms with E-state index < -0.39 is 10.0 Å². The molecule has 0 spiro atoms. The van der Waals surface area contributed by atoms with Gasteiger partial charge >= 0.3 is 0 Å². The summed E-state index contributed by atoms with van der Waals surface area (Å²) in [6.07, 6.45) is 3.95. The first kappa shape index (κ1) is 12.3. The lowest BCUT2D eigenvalue weighted by Gasteiger charge is -2.34. The second kappa shape index (κ2) is 5.00. The van der Waals surface area contributed by atoms with Crippen LogP contribution < -0.4 is 0 Å². The predicted molar refractivity (Wildman–Crippen MR) is 61.8 cm³/mol.